The van der Waals surface area contributed by atoms with E-state index in [0.717, 1.165) is 18.4 Å². The fourth-order valence-corrected chi connectivity index (χ4v) is 1.85. The predicted octanol–water partition coefficient (Wildman–Crippen LogP) is 2.26. The monoisotopic (exact) mass is 209 g/mol. The maximum Gasteiger partial charge on any atom is 0.166 e. The highest BCUT2D eigenvalue weighted by molar-refractivity contribution is 6.30. The first-order valence-electron chi connectivity index (χ1n) is 4.72. The highest BCUT2D eigenvalue weighted by atomic mass is 35.5. The van der Waals surface area contributed by atoms with Crippen LogP contribution in [0.25, 0.3) is 0 Å². The highest BCUT2D eigenvalue weighted by Crippen LogP contribution is 2.29. The van der Waals surface area contributed by atoms with Gasteiger partial charge in [-0.2, -0.15) is 0 Å². The van der Waals surface area contributed by atoms with Crippen LogP contribution in [0.3, 0.4) is 0 Å². The summed E-state index contributed by atoms with van der Waals surface area (Å²) < 4.78 is 0. The molecule has 2 nitrogen and oxygen atoms in total. The smallest absolute Gasteiger partial charge is 0.166 e. The van der Waals surface area contributed by atoms with Gasteiger partial charge in [-0.05, 0) is 37.1 Å². The summed E-state index contributed by atoms with van der Waals surface area (Å²) in [5.74, 6) is 0.328. The summed E-state index contributed by atoms with van der Waals surface area (Å²) in [5.41, 5.74) is 6.38. The van der Waals surface area contributed by atoms with E-state index in [0.29, 0.717) is 5.02 Å². The minimum absolute atomic E-state index is 0.131. The lowest BCUT2D eigenvalue weighted by Crippen LogP contribution is -2.40. The van der Waals surface area contributed by atoms with Gasteiger partial charge in [0.1, 0.15) is 0 Å². The molecule has 1 saturated carbocycles. The highest BCUT2D eigenvalue weighted by Gasteiger charge is 2.32. The fraction of sp³-hybridized carbons (Fsp3) is 0.364. The molecule has 74 valence electrons. The Bertz CT molecular complexity index is 341. The van der Waals surface area contributed by atoms with Gasteiger partial charge in [0.15, 0.2) is 5.78 Å². The molecule has 0 heterocycles. The number of benzene rings is 1. The van der Waals surface area contributed by atoms with Gasteiger partial charge in [-0.25, -0.2) is 0 Å². The quantitative estimate of drug-likeness (QED) is 0.760. The van der Waals surface area contributed by atoms with Crippen LogP contribution in [0.2, 0.25) is 5.02 Å². The van der Waals surface area contributed by atoms with Gasteiger partial charge >= 0.3 is 0 Å². The fourth-order valence-electron chi connectivity index (χ4n) is 1.73. The average Bonchev–Trinajstić information content (AvgIpc) is 2.13. The van der Waals surface area contributed by atoms with Crippen LogP contribution in [0.1, 0.15) is 23.2 Å². The molecule has 0 bridgehead atoms. The second-order valence-corrected chi connectivity index (χ2v) is 4.24. The van der Waals surface area contributed by atoms with Crippen molar-refractivity contribution in [2.75, 3.05) is 0 Å². The van der Waals surface area contributed by atoms with Gasteiger partial charge in [-0.3, -0.25) is 4.79 Å². The number of halogens is 1. The summed E-state index contributed by atoms with van der Waals surface area (Å²) in [6.07, 6.45) is 1.64. The first-order chi connectivity index (χ1) is 6.66. The molecule has 0 unspecified atom stereocenters. The van der Waals surface area contributed by atoms with Crippen LogP contribution >= 0.6 is 11.6 Å². The number of carbonyl (C=O) groups excluding carboxylic acids is 1. The lowest BCUT2D eigenvalue weighted by atomic mass is 9.76. The van der Waals surface area contributed by atoms with Crippen molar-refractivity contribution < 1.29 is 4.79 Å². The van der Waals surface area contributed by atoms with Gasteiger partial charge in [0.25, 0.3) is 0 Å². The van der Waals surface area contributed by atoms with Crippen molar-refractivity contribution in [3.05, 3.63) is 34.9 Å². The Labute approximate surface area is 88.1 Å². The zero-order valence-corrected chi connectivity index (χ0v) is 8.50. The number of carbonyl (C=O) groups is 1. The van der Waals surface area contributed by atoms with Gasteiger partial charge in [-0.1, -0.05) is 11.6 Å². The topological polar surface area (TPSA) is 43.1 Å². The second kappa shape index (κ2) is 3.71. The Hall–Kier alpha value is -0.860. The van der Waals surface area contributed by atoms with Crippen LogP contribution in [0.4, 0.5) is 0 Å². The standard InChI is InChI=1S/C11H12ClNO/c12-9-3-1-7(2-4-9)11(14)8-5-10(13)6-8/h1-4,8,10H,5-6,13H2. The van der Waals surface area contributed by atoms with Crippen molar-refractivity contribution >= 4 is 17.4 Å². The Balaban J connectivity index is 2.08. The molecule has 0 aliphatic heterocycles. The average molecular weight is 210 g/mol. The molecule has 1 aromatic carbocycles. The third-order valence-corrected chi connectivity index (χ3v) is 2.93. The van der Waals surface area contributed by atoms with E-state index in [1.165, 1.54) is 0 Å². The molecule has 1 aliphatic carbocycles. The Morgan fingerprint density at radius 2 is 1.86 bits per heavy atom. The first-order valence-corrected chi connectivity index (χ1v) is 5.10. The molecular formula is C11H12ClNO. The largest absolute Gasteiger partial charge is 0.328 e. The lowest BCUT2D eigenvalue weighted by molar-refractivity contribution is 0.0832. The van der Waals surface area contributed by atoms with Gasteiger partial charge < -0.3 is 5.73 Å². The Morgan fingerprint density at radius 1 is 1.29 bits per heavy atom. The van der Waals surface area contributed by atoms with Gasteiger partial charge in [0.05, 0.1) is 0 Å². The summed E-state index contributed by atoms with van der Waals surface area (Å²) in [6, 6.07) is 7.25. The van der Waals surface area contributed by atoms with Gasteiger partial charge in [0, 0.05) is 22.5 Å². The van der Waals surface area contributed by atoms with Crippen molar-refractivity contribution in [3.63, 3.8) is 0 Å². The van der Waals surface area contributed by atoms with Crippen LogP contribution in [-0.2, 0) is 0 Å². The molecule has 1 aromatic rings. The summed E-state index contributed by atoms with van der Waals surface area (Å²) >= 11 is 5.74. The number of nitrogens with two attached hydrogens (primary N) is 1. The van der Waals surface area contributed by atoms with Crippen molar-refractivity contribution in [1.82, 2.24) is 0 Å². The van der Waals surface area contributed by atoms with Crippen molar-refractivity contribution in [2.45, 2.75) is 18.9 Å². The first kappa shape index (κ1) is 9.69. The van der Waals surface area contributed by atoms with Crippen LogP contribution in [-0.4, -0.2) is 11.8 Å². The summed E-state index contributed by atoms with van der Waals surface area (Å²) in [7, 11) is 0. The SMILES string of the molecule is NC1CC(C(=O)c2ccc(Cl)cc2)C1. The van der Waals surface area contributed by atoms with Crippen molar-refractivity contribution in [1.29, 1.82) is 0 Å². The molecule has 1 fully saturated rings. The maximum atomic E-state index is 11.8. The van der Waals surface area contributed by atoms with E-state index in [-0.39, 0.29) is 17.7 Å². The minimum Gasteiger partial charge on any atom is -0.328 e. The van der Waals surface area contributed by atoms with E-state index in [9.17, 15) is 4.79 Å². The molecule has 2 N–H and O–H groups in total. The summed E-state index contributed by atoms with van der Waals surface area (Å²) in [5, 5.41) is 0.659. The minimum atomic E-state index is 0.131. The molecule has 0 radical (unpaired) electrons. The van der Waals surface area contributed by atoms with E-state index >= 15 is 0 Å². The lowest BCUT2D eigenvalue weighted by Gasteiger charge is -2.31. The molecular weight excluding hydrogens is 198 g/mol. The molecule has 0 aromatic heterocycles. The molecule has 3 heteroatoms. The van der Waals surface area contributed by atoms with Crippen LogP contribution in [0.15, 0.2) is 24.3 Å². The Morgan fingerprint density at radius 3 is 2.36 bits per heavy atom. The van der Waals surface area contributed by atoms with Crippen LogP contribution in [0.5, 0.6) is 0 Å². The zero-order valence-electron chi connectivity index (χ0n) is 7.74. The molecule has 2 rings (SSSR count). The number of ketones is 1. The van der Waals surface area contributed by atoms with E-state index in [2.05, 4.69) is 0 Å². The van der Waals surface area contributed by atoms with E-state index in [4.69, 9.17) is 17.3 Å². The van der Waals surface area contributed by atoms with Crippen LogP contribution < -0.4 is 5.73 Å². The normalized spacial score (nSPS) is 25.6. The third-order valence-electron chi connectivity index (χ3n) is 2.67. The summed E-state index contributed by atoms with van der Waals surface area (Å²) in [6.45, 7) is 0. The van der Waals surface area contributed by atoms with Gasteiger partial charge in [0.2, 0.25) is 0 Å². The summed E-state index contributed by atoms with van der Waals surface area (Å²) in [4.78, 5) is 11.8. The number of rotatable bonds is 2. The van der Waals surface area contributed by atoms with Crippen molar-refractivity contribution in [2.24, 2.45) is 11.7 Å². The second-order valence-electron chi connectivity index (χ2n) is 3.80. The Kier molecular flexibility index (Phi) is 2.57. The van der Waals surface area contributed by atoms with E-state index in [1.54, 1.807) is 24.3 Å². The molecule has 0 saturated heterocycles. The van der Waals surface area contributed by atoms with Crippen LogP contribution in [0, 0.1) is 5.92 Å². The maximum absolute atomic E-state index is 11.8. The third kappa shape index (κ3) is 1.81. The number of Topliss-reactive ketones (excluding diaryl/α,β-unsaturated/α-hetero) is 1. The van der Waals surface area contributed by atoms with Gasteiger partial charge in [-0.15, -0.1) is 0 Å². The molecule has 0 amide bonds. The molecule has 0 spiro atoms. The predicted molar refractivity (Wildman–Crippen MR) is 56.5 cm³/mol. The van der Waals surface area contributed by atoms with E-state index in [1.807, 2.05) is 0 Å². The zero-order chi connectivity index (χ0) is 10.1. The van der Waals surface area contributed by atoms with Crippen molar-refractivity contribution in [3.8, 4) is 0 Å². The molecule has 14 heavy (non-hydrogen) atoms. The number of hydrogen-bond acceptors (Lipinski definition) is 2. The van der Waals surface area contributed by atoms with E-state index < -0.39 is 0 Å². The molecule has 1 aliphatic rings. The molecule has 0 atom stereocenters. The number of hydrogen-bond donors (Lipinski definition) is 1.